The van der Waals surface area contributed by atoms with Gasteiger partial charge in [0.1, 0.15) is 11.6 Å². The van der Waals surface area contributed by atoms with E-state index in [4.69, 9.17) is 0 Å². The van der Waals surface area contributed by atoms with Gasteiger partial charge < -0.3 is 10.3 Å². The van der Waals surface area contributed by atoms with Crippen molar-refractivity contribution in [3.63, 3.8) is 0 Å². The quantitative estimate of drug-likeness (QED) is 0.743. The van der Waals surface area contributed by atoms with Gasteiger partial charge in [0.15, 0.2) is 11.6 Å². The molecule has 0 saturated carbocycles. The predicted octanol–water partition coefficient (Wildman–Crippen LogP) is 3.19. The van der Waals surface area contributed by atoms with Crippen molar-refractivity contribution in [2.75, 3.05) is 5.32 Å². The third-order valence-corrected chi connectivity index (χ3v) is 4.36. The number of rotatable bonds is 2. The second-order valence-electron chi connectivity index (χ2n) is 5.99. The minimum atomic E-state index is -1.07. The summed E-state index contributed by atoms with van der Waals surface area (Å²) in [7, 11) is 0. The molecule has 2 heterocycles. The highest BCUT2D eigenvalue weighted by Crippen LogP contribution is 2.36. The average Bonchev–Trinajstić information content (AvgIpc) is 2.63. The average molecular weight is 353 g/mol. The van der Waals surface area contributed by atoms with Gasteiger partial charge in [0.2, 0.25) is 5.91 Å². The molecule has 2 N–H and O–H groups in total. The number of nitrogens with one attached hydrogen (secondary N) is 2. The van der Waals surface area contributed by atoms with Crippen LogP contribution in [0.3, 0.4) is 0 Å². The number of benzene rings is 2. The summed E-state index contributed by atoms with van der Waals surface area (Å²) in [6, 6.07) is 12.6. The Morgan fingerprint density at radius 1 is 1.00 bits per heavy atom. The lowest BCUT2D eigenvalue weighted by Crippen LogP contribution is -2.31. The number of fused-ring (bicyclic) bond motifs is 1. The number of hydrogen-bond acceptors (Lipinski definition) is 3. The van der Waals surface area contributed by atoms with Gasteiger partial charge in [-0.2, -0.15) is 0 Å². The Morgan fingerprint density at radius 3 is 2.54 bits per heavy atom. The molecular formula is C19H13F2N3O2. The van der Waals surface area contributed by atoms with Gasteiger partial charge in [-0.1, -0.05) is 42.5 Å². The van der Waals surface area contributed by atoms with Crippen LogP contribution in [0.2, 0.25) is 0 Å². The molecule has 0 spiro atoms. The summed E-state index contributed by atoms with van der Waals surface area (Å²) in [6.45, 7) is 0. The van der Waals surface area contributed by atoms with E-state index >= 15 is 0 Å². The number of carbonyl (C=O) groups is 1. The monoisotopic (exact) mass is 353 g/mol. The number of halogens is 2. The lowest BCUT2D eigenvalue weighted by molar-refractivity contribution is -0.116. The Morgan fingerprint density at radius 2 is 1.77 bits per heavy atom. The van der Waals surface area contributed by atoms with Crippen LogP contribution in [0.1, 0.15) is 23.5 Å². The number of anilines is 1. The summed E-state index contributed by atoms with van der Waals surface area (Å²) in [4.78, 5) is 31.8. The van der Waals surface area contributed by atoms with E-state index in [1.54, 1.807) is 24.3 Å². The molecule has 1 aliphatic rings. The molecule has 0 unspecified atom stereocenters. The van der Waals surface area contributed by atoms with Crippen LogP contribution in [0.15, 0.2) is 53.3 Å². The summed E-state index contributed by atoms with van der Waals surface area (Å²) in [5.74, 6) is -3.06. The fourth-order valence-corrected chi connectivity index (χ4v) is 3.16. The molecule has 7 heteroatoms. The van der Waals surface area contributed by atoms with Crippen molar-refractivity contribution in [3.8, 4) is 11.4 Å². The molecule has 1 atom stereocenters. The van der Waals surface area contributed by atoms with E-state index in [0.717, 1.165) is 6.07 Å². The molecule has 0 radical (unpaired) electrons. The third kappa shape index (κ3) is 2.67. The lowest BCUT2D eigenvalue weighted by atomic mass is 9.86. The van der Waals surface area contributed by atoms with Gasteiger partial charge in [0, 0.05) is 17.9 Å². The Labute approximate surface area is 146 Å². The minimum absolute atomic E-state index is 0.0409. The molecule has 1 amide bonds. The van der Waals surface area contributed by atoms with Gasteiger partial charge in [0.05, 0.1) is 5.56 Å². The normalized spacial score (nSPS) is 16.1. The molecule has 5 nitrogen and oxygen atoms in total. The van der Waals surface area contributed by atoms with E-state index in [1.165, 1.54) is 12.1 Å². The topological polar surface area (TPSA) is 74.8 Å². The highest BCUT2D eigenvalue weighted by atomic mass is 19.2. The van der Waals surface area contributed by atoms with Crippen molar-refractivity contribution in [2.45, 2.75) is 12.3 Å². The molecule has 1 aromatic heterocycles. The summed E-state index contributed by atoms with van der Waals surface area (Å²) in [6.07, 6.45) is -0.164. The van der Waals surface area contributed by atoms with Crippen LogP contribution in [0.4, 0.5) is 14.6 Å². The first-order chi connectivity index (χ1) is 12.5. The highest BCUT2D eigenvalue weighted by molar-refractivity contribution is 5.94. The number of carbonyl (C=O) groups excluding carboxylic acids is 1. The summed E-state index contributed by atoms with van der Waals surface area (Å²) >= 11 is 0. The molecule has 3 aromatic rings. The van der Waals surface area contributed by atoms with Crippen LogP contribution in [0.25, 0.3) is 11.4 Å². The van der Waals surface area contributed by atoms with Gasteiger partial charge in [-0.05, 0) is 11.6 Å². The van der Waals surface area contributed by atoms with Crippen molar-refractivity contribution in [1.82, 2.24) is 9.97 Å². The maximum atomic E-state index is 14.2. The second-order valence-corrected chi connectivity index (χ2v) is 5.99. The van der Waals surface area contributed by atoms with Crippen LogP contribution in [-0.2, 0) is 4.79 Å². The number of aromatic nitrogens is 2. The van der Waals surface area contributed by atoms with Crippen molar-refractivity contribution < 1.29 is 13.6 Å². The number of aromatic amines is 1. The van der Waals surface area contributed by atoms with Gasteiger partial charge in [0.25, 0.3) is 5.56 Å². The first kappa shape index (κ1) is 16.1. The SMILES string of the molecule is O=C1C[C@@H](c2cccc(F)c2F)c2c(nc(-c3ccccc3)[nH]c2=O)N1. The number of H-pyrrole nitrogens is 1. The number of amides is 1. The van der Waals surface area contributed by atoms with E-state index in [-0.39, 0.29) is 29.2 Å². The molecule has 1 aliphatic heterocycles. The zero-order chi connectivity index (χ0) is 18.3. The van der Waals surface area contributed by atoms with Crippen LogP contribution >= 0.6 is 0 Å². The summed E-state index contributed by atoms with van der Waals surface area (Å²) in [5.41, 5.74) is 0.248. The first-order valence-electron chi connectivity index (χ1n) is 7.98. The van der Waals surface area contributed by atoms with E-state index in [1.807, 2.05) is 6.07 Å². The zero-order valence-electron chi connectivity index (χ0n) is 13.4. The van der Waals surface area contributed by atoms with E-state index in [9.17, 15) is 18.4 Å². The molecule has 130 valence electrons. The van der Waals surface area contributed by atoms with Crippen LogP contribution in [0, 0.1) is 11.6 Å². The molecule has 2 aromatic carbocycles. The maximum Gasteiger partial charge on any atom is 0.257 e. The molecule has 0 aliphatic carbocycles. The highest BCUT2D eigenvalue weighted by Gasteiger charge is 2.33. The molecule has 4 rings (SSSR count). The van der Waals surface area contributed by atoms with Crippen LogP contribution in [-0.4, -0.2) is 15.9 Å². The fourth-order valence-electron chi connectivity index (χ4n) is 3.16. The van der Waals surface area contributed by atoms with E-state index < -0.39 is 29.0 Å². The second kappa shape index (κ2) is 6.18. The Balaban J connectivity index is 1.90. The molecule has 0 saturated heterocycles. The van der Waals surface area contributed by atoms with Gasteiger partial charge in [-0.25, -0.2) is 13.8 Å². The van der Waals surface area contributed by atoms with Gasteiger partial charge in [-0.15, -0.1) is 0 Å². The largest absolute Gasteiger partial charge is 0.310 e. The predicted molar refractivity (Wildman–Crippen MR) is 91.7 cm³/mol. The van der Waals surface area contributed by atoms with Crippen molar-refractivity contribution in [3.05, 3.63) is 81.6 Å². The maximum absolute atomic E-state index is 14.2. The van der Waals surface area contributed by atoms with E-state index in [0.29, 0.717) is 5.56 Å². The molecule has 26 heavy (non-hydrogen) atoms. The minimum Gasteiger partial charge on any atom is -0.310 e. The first-order valence-corrected chi connectivity index (χ1v) is 7.98. The molecule has 0 fully saturated rings. The lowest BCUT2D eigenvalue weighted by Gasteiger charge is -2.25. The zero-order valence-corrected chi connectivity index (χ0v) is 13.4. The number of nitrogens with zero attached hydrogens (tertiary/aromatic N) is 1. The Hall–Kier alpha value is -3.35. The summed E-state index contributed by atoms with van der Waals surface area (Å²) < 4.78 is 27.9. The van der Waals surface area contributed by atoms with Crippen LogP contribution < -0.4 is 10.9 Å². The molecule has 0 bridgehead atoms. The van der Waals surface area contributed by atoms with Crippen molar-refractivity contribution in [2.24, 2.45) is 0 Å². The Kier molecular flexibility index (Phi) is 3.84. The third-order valence-electron chi connectivity index (χ3n) is 4.36. The van der Waals surface area contributed by atoms with Gasteiger partial charge >= 0.3 is 0 Å². The van der Waals surface area contributed by atoms with Crippen molar-refractivity contribution in [1.29, 1.82) is 0 Å². The van der Waals surface area contributed by atoms with E-state index in [2.05, 4.69) is 15.3 Å². The number of hydrogen-bond donors (Lipinski definition) is 2. The van der Waals surface area contributed by atoms with Crippen LogP contribution in [0.5, 0.6) is 0 Å². The van der Waals surface area contributed by atoms with Crippen molar-refractivity contribution >= 4 is 11.7 Å². The van der Waals surface area contributed by atoms with Gasteiger partial charge in [-0.3, -0.25) is 9.59 Å². The molecular weight excluding hydrogens is 340 g/mol. The standard InChI is InChI=1S/C19H13F2N3O2/c20-13-8-4-7-11(16(13)21)12-9-14(25)22-18-15(12)19(26)24-17(23-18)10-5-2-1-3-6-10/h1-8,12H,9H2,(H2,22,23,24,25,26)/t12-/m0/s1. The fraction of sp³-hybridized carbons (Fsp3) is 0.105. The smallest absolute Gasteiger partial charge is 0.257 e. The Bertz CT molecular complexity index is 1060. The summed E-state index contributed by atoms with van der Waals surface area (Å²) in [5, 5.41) is 2.56.